The lowest BCUT2D eigenvalue weighted by Gasteiger charge is -2.13. The van der Waals surface area contributed by atoms with Crippen LogP contribution in [-0.2, 0) is 19.7 Å². The SMILES string of the molecule is Clc1ccc(OCc2cccnc2)c(CNCc2ccc3c(c2)OCO3)c1. The normalized spacial score (nSPS) is 12.2. The average molecular weight is 383 g/mol. The van der Waals surface area contributed by atoms with E-state index >= 15 is 0 Å². The molecule has 0 saturated carbocycles. The van der Waals surface area contributed by atoms with Crippen LogP contribution in [0.15, 0.2) is 60.9 Å². The Hall–Kier alpha value is -2.76. The van der Waals surface area contributed by atoms with Crippen molar-refractivity contribution in [3.8, 4) is 17.2 Å². The van der Waals surface area contributed by atoms with Gasteiger partial charge in [0.25, 0.3) is 0 Å². The number of aromatic nitrogens is 1. The summed E-state index contributed by atoms with van der Waals surface area (Å²) in [4.78, 5) is 4.11. The summed E-state index contributed by atoms with van der Waals surface area (Å²) in [6, 6.07) is 15.5. The summed E-state index contributed by atoms with van der Waals surface area (Å²) in [5.41, 5.74) is 3.15. The van der Waals surface area contributed by atoms with Crippen molar-refractivity contribution in [2.75, 3.05) is 6.79 Å². The van der Waals surface area contributed by atoms with Crippen LogP contribution in [0, 0.1) is 0 Å². The summed E-state index contributed by atoms with van der Waals surface area (Å²) < 4.78 is 16.7. The number of fused-ring (bicyclic) bond motifs is 1. The molecule has 0 radical (unpaired) electrons. The van der Waals surface area contributed by atoms with Crippen LogP contribution in [-0.4, -0.2) is 11.8 Å². The Kier molecular flexibility index (Phi) is 5.42. The minimum atomic E-state index is 0.284. The van der Waals surface area contributed by atoms with E-state index in [0.29, 0.717) is 24.7 Å². The summed E-state index contributed by atoms with van der Waals surface area (Å²) >= 11 is 6.17. The van der Waals surface area contributed by atoms with Crippen molar-refractivity contribution in [2.24, 2.45) is 0 Å². The molecule has 0 spiro atoms. The molecule has 1 N–H and O–H groups in total. The number of ether oxygens (including phenoxy) is 3. The highest BCUT2D eigenvalue weighted by atomic mass is 35.5. The highest BCUT2D eigenvalue weighted by molar-refractivity contribution is 6.30. The zero-order valence-corrected chi connectivity index (χ0v) is 15.4. The molecule has 0 saturated heterocycles. The molecule has 3 aromatic rings. The highest BCUT2D eigenvalue weighted by Gasteiger charge is 2.13. The van der Waals surface area contributed by atoms with Gasteiger partial charge in [-0.25, -0.2) is 0 Å². The Morgan fingerprint density at radius 2 is 1.93 bits per heavy atom. The molecular formula is C21H19ClN2O3. The van der Waals surface area contributed by atoms with Crippen LogP contribution in [0.5, 0.6) is 17.2 Å². The first-order valence-electron chi connectivity index (χ1n) is 8.67. The van der Waals surface area contributed by atoms with Gasteiger partial charge in [0.05, 0.1) is 0 Å². The number of hydrogen-bond donors (Lipinski definition) is 1. The fourth-order valence-electron chi connectivity index (χ4n) is 2.86. The molecule has 138 valence electrons. The topological polar surface area (TPSA) is 52.6 Å². The van der Waals surface area contributed by atoms with Crippen LogP contribution in [0.1, 0.15) is 16.7 Å². The van der Waals surface area contributed by atoms with Crippen LogP contribution < -0.4 is 19.5 Å². The van der Waals surface area contributed by atoms with Gasteiger partial charge in [-0.05, 0) is 42.0 Å². The Morgan fingerprint density at radius 3 is 2.81 bits per heavy atom. The molecule has 6 heteroatoms. The van der Waals surface area contributed by atoms with Gasteiger partial charge in [-0.1, -0.05) is 23.7 Å². The standard InChI is InChI=1S/C21H19ClN2O3/c22-18-4-6-19(25-13-16-2-1-7-23-11-16)17(9-18)12-24-10-15-3-5-20-21(8-15)27-14-26-20/h1-9,11,24H,10,12-14H2. The van der Waals surface area contributed by atoms with E-state index in [0.717, 1.165) is 33.9 Å². The first kappa shape index (κ1) is 17.6. The van der Waals surface area contributed by atoms with E-state index in [2.05, 4.69) is 10.3 Å². The molecule has 27 heavy (non-hydrogen) atoms. The van der Waals surface area contributed by atoms with Crippen molar-refractivity contribution < 1.29 is 14.2 Å². The third-order valence-electron chi connectivity index (χ3n) is 4.22. The van der Waals surface area contributed by atoms with Crippen LogP contribution in [0.3, 0.4) is 0 Å². The van der Waals surface area contributed by atoms with E-state index < -0.39 is 0 Å². The van der Waals surface area contributed by atoms with E-state index in [4.69, 9.17) is 25.8 Å². The van der Waals surface area contributed by atoms with Crippen molar-refractivity contribution >= 4 is 11.6 Å². The smallest absolute Gasteiger partial charge is 0.231 e. The molecule has 1 aromatic heterocycles. The van der Waals surface area contributed by atoms with Crippen molar-refractivity contribution in [3.63, 3.8) is 0 Å². The lowest BCUT2D eigenvalue weighted by atomic mass is 10.1. The van der Waals surface area contributed by atoms with Crippen LogP contribution >= 0.6 is 11.6 Å². The maximum Gasteiger partial charge on any atom is 0.231 e. The summed E-state index contributed by atoms with van der Waals surface area (Å²) in [7, 11) is 0. The first-order valence-corrected chi connectivity index (χ1v) is 9.05. The second kappa shape index (κ2) is 8.29. The minimum absolute atomic E-state index is 0.284. The molecule has 1 aliphatic heterocycles. The number of pyridine rings is 1. The van der Waals surface area contributed by atoms with Gasteiger partial charge in [0.15, 0.2) is 11.5 Å². The predicted octanol–water partition coefficient (Wildman–Crippen LogP) is 4.33. The molecule has 0 amide bonds. The third kappa shape index (κ3) is 4.51. The van der Waals surface area contributed by atoms with E-state index in [1.165, 1.54) is 0 Å². The van der Waals surface area contributed by atoms with Gasteiger partial charge in [0.2, 0.25) is 6.79 Å². The van der Waals surface area contributed by atoms with E-state index in [1.807, 2.05) is 48.5 Å². The number of benzene rings is 2. The Balaban J connectivity index is 1.38. The minimum Gasteiger partial charge on any atom is -0.489 e. The van der Waals surface area contributed by atoms with Gasteiger partial charge < -0.3 is 19.5 Å². The number of halogens is 1. The highest BCUT2D eigenvalue weighted by Crippen LogP contribution is 2.32. The summed E-state index contributed by atoms with van der Waals surface area (Å²) in [5, 5.41) is 4.11. The van der Waals surface area contributed by atoms with Crippen LogP contribution in [0.2, 0.25) is 5.02 Å². The van der Waals surface area contributed by atoms with Gasteiger partial charge >= 0.3 is 0 Å². The Bertz CT molecular complexity index is 919. The Morgan fingerprint density at radius 1 is 1.00 bits per heavy atom. The van der Waals surface area contributed by atoms with Crippen molar-refractivity contribution in [3.05, 3.63) is 82.6 Å². The van der Waals surface area contributed by atoms with Crippen LogP contribution in [0.4, 0.5) is 0 Å². The summed E-state index contributed by atoms with van der Waals surface area (Å²) in [6.45, 7) is 2.08. The van der Waals surface area contributed by atoms with Gasteiger partial charge in [-0.2, -0.15) is 0 Å². The van der Waals surface area contributed by atoms with Gasteiger partial charge in [0, 0.05) is 41.6 Å². The second-order valence-corrected chi connectivity index (χ2v) is 6.63. The molecular weight excluding hydrogens is 364 g/mol. The molecule has 2 aromatic carbocycles. The van der Waals surface area contributed by atoms with Crippen molar-refractivity contribution in [1.82, 2.24) is 10.3 Å². The van der Waals surface area contributed by atoms with Crippen LogP contribution in [0.25, 0.3) is 0 Å². The monoisotopic (exact) mass is 382 g/mol. The van der Waals surface area contributed by atoms with Gasteiger partial charge in [0.1, 0.15) is 12.4 Å². The zero-order chi connectivity index (χ0) is 18.5. The van der Waals surface area contributed by atoms with Gasteiger partial charge in [-0.15, -0.1) is 0 Å². The fraction of sp³-hybridized carbons (Fsp3) is 0.190. The van der Waals surface area contributed by atoms with Crippen molar-refractivity contribution in [1.29, 1.82) is 0 Å². The lowest BCUT2D eigenvalue weighted by molar-refractivity contribution is 0.174. The fourth-order valence-corrected chi connectivity index (χ4v) is 3.06. The first-order chi connectivity index (χ1) is 13.3. The van der Waals surface area contributed by atoms with E-state index in [9.17, 15) is 0 Å². The molecule has 1 aliphatic rings. The molecule has 4 rings (SSSR count). The quantitative estimate of drug-likeness (QED) is 0.659. The second-order valence-electron chi connectivity index (χ2n) is 6.19. The zero-order valence-electron chi connectivity index (χ0n) is 14.7. The molecule has 0 atom stereocenters. The number of nitrogens with zero attached hydrogens (tertiary/aromatic N) is 1. The molecule has 5 nitrogen and oxygen atoms in total. The molecule has 2 heterocycles. The number of hydrogen-bond acceptors (Lipinski definition) is 5. The lowest BCUT2D eigenvalue weighted by Crippen LogP contribution is -2.13. The molecule has 0 aliphatic carbocycles. The van der Waals surface area contributed by atoms with E-state index in [-0.39, 0.29) is 6.79 Å². The number of nitrogens with one attached hydrogen (secondary N) is 1. The predicted molar refractivity (Wildman–Crippen MR) is 103 cm³/mol. The molecule has 0 unspecified atom stereocenters. The summed E-state index contributed by atoms with van der Waals surface area (Å²) in [5.74, 6) is 2.39. The van der Waals surface area contributed by atoms with E-state index in [1.54, 1.807) is 12.4 Å². The number of rotatable bonds is 7. The Labute approximate surface area is 162 Å². The van der Waals surface area contributed by atoms with Gasteiger partial charge in [-0.3, -0.25) is 4.98 Å². The average Bonchev–Trinajstić information content (AvgIpc) is 3.16. The third-order valence-corrected chi connectivity index (χ3v) is 4.46. The maximum absolute atomic E-state index is 6.17. The summed E-state index contributed by atoms with van der Waals surface area (Å²) in [6.07, 6.45) is 3.55. The van der Waals surface area contributed by atoms with Crippen molar-refractivity contribution in [2.45, 2.75) is 19.7 Å². The molecule has 0 fully saturated rings. The largest absolute Gasteiger partial charge is 0.489 e. The maximum atomic E-state index is 6.17. The molecule has 0 bridgehead atoms.